The number of benzene rings is 3. The third kappa shape index (κ3) is 6.52. The minimum absolute atomic E-state index is 0.131. The smallest absolute Gasteiger partial charge is 0.169 e. The molecule has 0 aromatic heterocycles. The van der Waals surface area contributed by atoms with Crippen LogP contribution in [0.25, 0.3) is 0 Å². The maximum absolute atomic E-state index is 14.0. The molecule has 0 amide bonds. The normalized spacial score (nSPS) is 20.4. The SMILES string of the molecule is CC.CC1(c2ccc(F)cc2)C(N)=NC(c2ccccc2F)CS1(=O)=O.COCc1ccccc1. The van der Waals surface area contributed by atoms with Crippen molar-refractivity contribution in [1.82, 2.24) is 0 Å². The average Bonchev–Trinajstić information content (AvgIpc) is 2.85. The van der Waals surface area contributed by atoms with Crippen LogP contribution in [-0.4, -0.2) is 27.1 Å². The lowest BCUT2D eigenvalue weighted by atomic mass is 9.98. The van der Waals surface area contributed by atoms with Crippen LogP contribution < -0.4 is 5.73 Å². The predicted molar refractivity (Wildman–Crippen MR) is 137 cm³/mol. The highest BCUT2D eigenvalue weighted by atomic mass is 32.2. The molecule has 1 aliphatic heterocycles. The molecule has 0 fully saturated rings. The molecule has 0 bridgehead atoms. The van der Waals surface area contributed by atoms with Crippen molar-refractivity contribution in [1.29, 1.82) is 0 Å². The Morgan fingerprint density at radius 2 is 1.54 bits per heavy atom. The first-order valence-electron chi connectivity index (χ1n) is 11.3. The number of aliphatic imine (C=N–C) groups is 1. The van der Waals surface area contributed by atoms with Crippen LogP contribution in [0.1, 0.15) is 43.5 Å². The summed E-state index contributed by atoms with van der Waals surface area (Å²) in [5.41, 5.74) is 7.73. The second-order valence-electron chi connectivity index (χ2n) is 7.79. The Hall–Kier alpha value is -3.10. The number of methoxy groups -OCH3 is 1. The molecule has 2 N–H and O–H groups in total. The van der Waals surface area contributed by atoms with Gasteiger partial charge < -0.3 is 10.5 Å². The number of hydrogen-bond donors (Lipinski definition) is 1. The van der Waals surface area contributed by atoms with Crippen molar-refractivity contribution in [2.24, 2.45) is 10.7 Å². The van der Waals surface area contributed by atoms with Crippen LogP contribution in [0.2, 0.25) is 0 Å². The molecule has 188 valence electrons. The van der Waals surface area contributed by atoms with E-state index >= 15 is 0 Å². The molecule has 35 heavy (non-hydrogen) atoms. The molecule has 8 heteroatoms. The van der Waals surface area contributed by atoms with Gasteiger partial charge in [0.15, 0.2) is 14.6 Å². The van der Waals surface area contributed by atoms with Crippen molar-refractivity contribution in [3.8, 4) is 0 Å². The summed E-state index contributed by atoms with van der Waals surface area (Å²) in [4.78, 5) is 4.24. The zero-order valence-corrected chi connectivity index (χ0v) is 21.2. The van der Waals surface area contributed by atoms with Crippen molar-refractivity contribution in [3.63, 3.8) is 0 Å². The Kier molecular flexibility index (Phi) is 10.1. The molecule has 1 aliphatic rings. The predicted octanol–water partition coefficient (Wildman–Crippen LogP) is 5.57. The van der Waals surface area contributed by atoms with Gasteiger partial charge in [0.2, 0.25) is 0 Å². The number of amidine groups is 1. The highest BCUT2D eigenvalue weighted by molar-refractivity contribution is 7.93. The molecule has 0 radical (unpaired) electrons. The fraction of sp³-hybridized carbons (Fsp3) is 0.296. The van der Waals surface area contributed by atoms with Gasteiger partial charge in [-0.1, -0.05) is 74.5 Å². The van der Waals surface area contributed by atoms with Gasteiger partial charge in [0.1, 0.15) is 17.5 Å². The van der Waals surface area contributed by atoms with E-state index < -0.39 is 32.3 Å². The Bertz CT molecular complexity index is 1220. The van der Waals surface area contributed by atoms with E-state index in [2.05, 4.69) is 4.99 Å². The first kappa shape index (κ1) is 28.1. The van der Waals surface area contributed by atoms with Gasteiger partial charge in [-0.2, -0.15) is 0 Å². The van der Waals surface area contributed by atoms with Crippen molar-refractivity contribution in [2.75, 3.05) is 12.9 Å². The monoisotopic (exact) mass is 502 g/mol. The van der Waals surface area contributed by atoms with Gasteiger partial charge in [0, 0.05) is 12.7 Å². The fourth-order valence-corrected chi connectivity index (χ4v) is 5.47. The standard InChI is InChI=1S/C17H16F2N2O2S.C8H10O.C2H6/c1-17(11-6-8-12(18)9-7-11)16(20)21-15(10-24(17,22)23)13-4-2-3-5-14(13)19;1-9-7-8-5-3-2-4-6-8;1-2/h2-9,15H,10H2,1H3,(H2,20,21);2-6H,7H2,1H3;1-2H3. The van der Waals surface area contributed by atoms with Gasteiger partial charge in [-0.3, -0.25) is 4.99 Å². The summed E-state index contributed by atoms with van der Waals surface area (Å²) in [5, 5.41) is 0. The molecule has 0 saturated heterocycles. The largest absolute Gasteiger partial charge is 0.386 e. The summed E-state index contributed by atoms with van der Waals surface area (Å²) in [6.45, 7) is 6.15. The topological polar surface area (TPSA) is 81.8 Å². The molecule has 1 heterocycles. The molecule has 0 aliphatic carbocycles. The molecule has 3 aromatic carbocycles. The molecule has 4 rings (SSSR count). The summed E-state index contributed by atoms with van der Waals surface area (Å²) in [6.07, 6.45) is 0. The van der Waals surface area contributed by atoms with Crippen molar-refractivity contribution >= 4 is 15.7 Å². The third-order valence-corrected chi connectivity index (χ3v) is 8.04. The first-order valence-corrected chi connectivity index (χ1v) is 12.9. The first-order chi connectivity index (χ1) is 16.7. The van der Waals surface area contributed by atoms with E-state index in [1.165, 1.54) is 55.0 Å². The number of nitrogens with zero attached hydrogens (tertiary/aromatic N) is 1. The molecule has 3 aromatic rings. The van der Waals surface area contributed by atoms with E-state index in [0.29, 0.717) is 12.2 Å². The summed E-state index contributed by atoms with van der Waals surface area (Å²) in [6, 6.07) is 20.2. The van der Waals surface area contributed by atoms with Crippen LogP contribution in [0.4, 0.5) is 8.78 Å². The Morgan fingerprint density at radius 1 is 0.971 bits per heavy atom. The molecule has 5 nitrogen and oxygen atoms in total. The highest BCUT2D eigenvalue weighted by Gasteiger charge is 2.49. The Labute approximate surface area is 206 Å². The highest BCUT2D eigenvalue weighted by Crippen LogP contribution is 2.39. The van der Waals surface area contributed by atoms with Crippen molar-refractivity contribution in [2.45, 2.75) is 38.2 Å². The zero-order valence-electron chi connectivity index (χ0n) is 20.4. The van der Waals surface area contributed by atoms with Gasteiger partial charge in [-0.05, 0) is 36.2 Å². The summed E-state index contributed by atoms with van der Waals surface area (Å²) in [7, 11) is -2.10. The van der Waals surface area contributed by atoms with E-state index in [1.807, 2.05) is 44.2 Å². The van der Waals surface area contributed by atoms with Gasteiger partial charge in [-0.15, -0.1) is 0 Å². The van der Waals surface area contributed by atoms with Gasteiger partial charge >= 0.3 is 0 Å². The van der Waals surface area contributed by atoms with Crippen LogP contribution in [0.5, 0.6) is 0 Å². The summed E-state index contributed by atoms with van der Waals surface area (Å²) < 4.78 is 56.3. The number of hydrogen-bond acceptors (Lipinski definition) is 5. The minimum atomic E-state index is -3.80. The second-order valence-corrected chi connectivity index (χ2v) is 10.2. The van der Waals surface area contributed by atoms with Crippen molar-refractivity contribution < 1.29 is 21.9 Å². The van der Waals surface area contributed by atoms with Gasteiger partial charge in [-0.25, -0.2) is 17.2 Å². The number of halogens is 2. The van der Waals surface area contributed by atoms with Crippen LogP contribution >= 0.6 is 0 Å². The number of rotatable bonds is 4. The maximum Gasteiger partial charge on any atom is 0.169 e. The zero-order chi connectivity index (χ0) is 26.1. The fourth-order valence-electron chi connectivity index (χ4n) is 3.60. The molecule has 2 unspecified atom stereocenters. The molecule has 2 atom stereocenters. The lowest BCUT2D eigenvalue weighted by molar-refractivity contribution is 0.185. The Morgan fingerprint density at radius 3 is 2.09 bits per heavy atom. The molecule has 0 saturated carbocycles. The number of sulfone groups is 1. The van der Waals surface area contributed by atoms with Crippen LogP contribution in [0.15, 0.2) is 83.9 Å². The van der Waals surface area contributed by atoms with E-state index in [0.717, 1.165) is 0 Å². The molecular formula is C27H32F2N2O3S. The maximum atomic E-state index is 14.0. The molecular weight excluding hydrogens is 470 g/mol. The number of nitrogens with two attached hydrogens (primary N) is 1. The van der Waals surface area contributed by atoms with Crippen LogP contribution in [-0.2, 0) is 25.9 Å². The van der Waals surface area contributed by atoms with E-state index in [9.17, 15) is 17.2 Å². The van der Waals surface area contributed by atoms with E-state index in [4.69, 9.17) is 10.5 Å². The lowest BCUT2D eigenvalue weighted by Crippen LogP contribution is -2.50. The molecule has 0 spiro atoms. The lowest BCUT2D eigenvalue weighted by Gasteiger charge is -2.35. The Balaban J connectivity index is 0.000000329. The third-order valence-electron chi connectivity index (χ3n) is 5.60. The minimum Gasteiger partial charge on any atom is -0.386 e. The van der Waals surface area contributed by atoms with Crippen LogP contribution in [0.3, 0.4) is 0 Å². The average molecular weight is 503 g/mol. The van der Waals surface area contributed by atoms with Crippen molar-refractivity contribution in [3.05, 3.63) is 107 Å². The quantitative estimate of drug-likeness (QED) is 0.506. The van der Waals surface area contributed by atoms with Crippen LogP contribution in [0, 0.1) is 11.6 Å². The van der Waals surface area contributed by atoms with Gasteiger partial charge in [0.05, 0.1) is 18.4 Å². The second kappa shape index (κ2) is 12.6. The summed E-state index contributed by atoms with van der Waals surface area (Å²) >= 11 is 0. The van der Waals surface area contributed by atoms with E-state index in [-0.39, 0.29) is 17.2 Å². The summed E-state index contributed by atoms with van der Waals surface area (Å²) in [5.74, 6) is -1.51. The van der Waals surface area contributed by atoms with Gasteiger partial charge in [0.25, 0.3) is 0 Å². The van der Waals surface area contributed by atoms with E-state index in [1.54, 1.807) is 13.2 Å². The number of ether oxygens (including phenoxy) is 1.